The van der Waals surface area contributed by atoms with Crippen LogP contribution in [0.15, 0.2) is 42.5 Å². The molecule has 3 rings (SSSR count). The number of ether oxygens (including phenoxy) is 1. The summed E-state index contributed by atoms with van der Waals surface area (Å²) in [7, 11) is 0. The highest BCUT2D eigenvalue weighted by atomic mass is 16.5. The second-order valence-electron chi connectivity index (χ2n) is 5.97. The number of benzene rings is 2. The third-order valence-corrected chi connectivity index (χ3v) is 4.03. The van der Waals surface area contributed by atoms with Gasteiger partial charge in [0.25, 0.3) is 5.91 Å². The predicted molar refractivity (Wildman–Crippen MR) is 87.1 cm³/mol. The average molecular weight is 295 g/mol. The summed E-state index contributed by atoms with van der Waals surface area (Å²) in [5, 5.41) is 3.07. The molecule has 1 atom stereocenters. The van der Waals surface area contributed by atoms with E-state index in [4.69, 9.17) is 4.74 Å². The lowest BCUT2D eigenvalue weighted by Crippen LogP contribution is -2.31. The van der Waals surface area contributed by atoms with Gasteiger partial charge in [0, 0.05) is 0 Å². The Labute approximate surface area is 131 Å². The molecule has 0 saturated heterocycles. The Hall–Kier alpha value is -2.29. The van der Waals surface area contributed by atoms with Crippen LogP contribution in [0.1, 0.15) is 34.7 Å². The maximum Gasteiger partial charge on any atom is 0.258 e. The van der Waals surface area contributed by atoms with Crippen molar-refractivity contribution in [2.45, 2.75) is 32.7 Å². The molecule has 0 saturated carbocycles. The first-order chi connectivity index (χ1) is 10.6. The van der Waals surface area contributed by atoms with Crippen molar-refractivity contribution in [3.63, 3.8) is 0 Å². The summed E-state index contributed by atoms with van der Waals surface area (Å²) in [6.07, 6.45) is 1.99. The molecule has 0 unspecified atom stereocenters. The van der Waals surface area contributed by atoms with E-state index in [1.54, 1.807) is 0 Å². The van der Waals surface area contributed by atoms with Crippen LogP contribution in [0.3, 0.4) is 0 Å². The van der Waals surface area contributed by atoms with E-state index in [2.05, 4.69) is 23.5 Å². The molecule has 0 bridgehead atoms. The standard InChI is InChI=1S/C19H21NO2/c1-13-9-14(2)11-16(10-13)22-12-19(21)20-18-8-7-15-5-3-4-6-17(15)18/h3-6,9-11,18H,7-8,12H2,1-2H3,(H,20,21)/t18-/m1/s1. The van der Waals surface area contributed by atoms with Gasteiger partial charge in [-0.25, -0.2) is 0 Å². The summed E-state index contributed by atoms with van der Waals surface area (Å²) in [6.45, 7) is 4.10. The largest absolute Gasteiger partial charge is 0.484 e. The average Bonchev–Trinajstić information content (AvgIpc) is 2.88. The third-order valence-electron chi connectivity index (χ3n) is 4.03. The molecule has 114 valence electrons. The highest BCUT2D eigenvalue weighted by molar-refractivity contribution is 5.78. The van der Waals surface area contributed by atoms with Crippen LogP contribution >= 0.6 is 0 Å². The van der Waals surface area contributed by atoms with Crippen molar-refractivity contribution in [1.82, 2.24) is 5.32 Å². The van der Waals surface area contributed by atoms with Gasteiger partial charge in [0.1, 0.15) is 5.75 Å². The van der Waals surface area contributed by atoms with Gasteiger partial charge in [-0.1, -0.05) is 30.3 Å². The molecule has 0 heterocycles. The van der Waals surface area contributed by atoms with Gasteiger partial charge < -0.3 is 10.1 Å². The summed E-state index contributed by atoms with van der Waals surface area (Å²) in [6, 6.07) is 14.4. The molecule has 0 radical (unpaired) electrons. The Morgan fingerprint density at radius 1 is 1.18 bits per heavy atom. The molecule has 1 aliphatic carbocycles. The number of hydrogen-bond donors (Lipinski definition) is 1. The summed E-state index contributed by atoms with van der Waals surface area (Å²) in [5.41, 5.74) is 4.85. The van der Waals surface area contributed by atoms with Gasteiger partial charge in [-0.2, -0.15) is 0 Å². The lowest BCUT2D eigenvalue weighted by Gasteiger charge is -2.15. The highest BCUT2D eigenvalue weighted by Gasteiger charge is 2.23. The van der Waals surface area contributed by atoms with Crippen LogP contribution in [-0.4, -0.2) is 12.5 Å². The summed E-state index contributed by atoms with van der Waals surface area (Å²) >= 11 is 0. The van der Waals surface area contributed by atoms with Gasteiger partial charge >= 0.3 is 0 Å². The van der Waals surface area contributed by atoms with Crippen molar-refractivity contribution < 1.29 is 9.53 Å². The smallest absolute Gasteiger partial charge is 0.258 e. The van der Waals surface area contributed by atoms with Crippen LogP contribution in [0.4, 0.5) is 0 Å². The van der Waals surface area contributed by atoms with Crippen LogP contribution in [0.5, 0.6) is 5.75 Å². The normalized spacial score (nSPS) is 16.2. The van der Waals surface area contributed by atoms with Crippen molar-refractivity contribution in [3.05, 3.63) is 64.7 Å². The number of carbonyl (C=O) groups is 1. The molecule has 0 aliphatic heterocycles. The molecule has 1 amide bonds. The Morgan fingerprint density at radius 2 is 1.91 bits per heavy atom. The summed E-state index contributed by atoms with van der Waals surface area (Å²) in [5.74, 6) is 0.681. The zero-order valence-electron chi connectivity index (χ0n) is 13.1. The lowest BCUT2D eigenvalue weighted by molar-refractivity contribution is -0.123. The Bertz CT molecular complexity index is 673. The fourth-order valence-corrected chi connectivity index (χ4v) is 3.11. The maximum absolute atomic E-state index is 12.1. The number of fused-ring (bicyclic) bond motifs is 1. The molecule has 0 fully saturated rings. The number of rotatable bonds is 4. The first-order valence-corrected chi connectivity index (χ1v) is 7.70. The number of hydrogen-bond acceptors (Lipinski definition) is 2. The van der Waals surface area contributed by atoms with Gasteiger partial charge in [-0.3, -0.25) is 4.79 Å². The van der Waals surface area contributed by atoms with Gasteiger partial charge in [0.15, 0.2) is 6.61 Å². The van der Waals surface area contributed by atoms with E-state index in [0.717, 1.165) is 29.7 Å². The van der Waals surface area contributed by atoms with E-state index >= 15 is 0 Å². The first kappa shape index (κ1) is 14.6. The van der Waals surface area contributed by atoms with E-state index in [9.17, 15) is 4.79 Å². The minimum Gasteiger partial charge on any atom is -0.484 e. The molecule has 1 N–H and O–H groups in total. The molecule has 22 heavy (non-hydrogen) atoms. The van der Waals surface area contributed by atoms with Crippen LogP contribution in [-0.2, 0) is 11.2 Å². The lowest BCUT2D eigenvalue weighted by atomic mass is 10.1. The molecule has 3 heteroatoms. The van der Waals surface area contributed by atoms with Crippen molar-refractivity contribution in [1.29, 1.82) is 0 Å². The SMILES string of the molecule is Cc1cc(C)cc(OCC(=O)N[C@@H]2CCc3ccccc32)c1. The van der Waals surface area contributed by atoms with Gasteiger partial charge in [0.05, 0.1) is 6.04 Å². The summed E-state index contributed by atoms with van der Waals surface area (Å²) in [4.78, 5) is 12.1. The maximum atomic E-state index is 12.1. The van der Waals surface area contributed by atoms with E-state index in [1.807, 2.05) is 38.1 Å². The molecule has 2 aromatic rings. The van der Waals surface area contributed by atoms with E-state index < -0.39 is 0 Å². The van der Waals surface area contributed by atoms with Crippen molar-refractivity contribution in [2.24, 2.45) is 0 Å². The fraction of sp³-hybridized carbons (Fsp3) is 0.316. The number of nitrogens with one attached hydrogen (secondary N) is 1. The minimum absolute atomic E-state index is 0.0571. The predicted octanol–water partition coefficient (Wildman–Crippen LogP) is 3.49. The molecule has 0 spiro atoms. The Kier molecular flexibility index (Phi) is 4.14. The van der Waals surface area contributed by atoms with Crippen LogP contribution in [0, 0.1) is 13.8 Å². The van der Waals surface area contributed by atoms with Gasteiger partial charge in [-0.15, -0.1) is 0 Å². The Morgan fingerprint density at radius 3 is 2.68 bits per heavy atom. The summed E-state index contributed by atoms with van der Waals surface area (Å²) < 4.78 is 5.62. The number of aryl methyl sites for hydroxylation is 3. The van der Waals surface area contributed by atoms with Gasteiger partial charge in [-0.05, 0) is 61.1 Å². The number of carbonyl (C=O) groups excluding carboxylic acids is 1. The third kappa shape index (κ3) is 3.30. The molecular weight excluding hydrogens is 274 g/mol. The molecule has 2 aromatic carbocycles. The van der Waals surface area contributed by atoms with Crippen molar-refractivity contribution >= 4 is 5.91 Å². The van der Waals surface area contributed by atoms with E-state index in [-0.39, 0.29) is 18.6 Å². The minimum atomic E-state index is -0.0686. The topological polar surface area (TPSA) is 38.3 Å². The Balaban J connectivity index is 1.57. The van der Waals surface area contributed by atoms with Gasteiger partial charge in [0.2, 0.25) is 0 Å². The van der Waals surface area contributed by atoms with Crippen LogP contribution in [0.25, 0.3) is 0 Å². The first-order valence-electron chi connectivity index (χ1n) is 7.70. The second-order valence-corrected chi connectivity index (χ2v) is 5.97. The van der Waals surface area contributed by atoms with E-state index in [0.29, 0.717) is 0 Å². The number of amides is 1. The monoisotopic (exact) mass is 295 g/mol. The zero-order chi connectivity index (χ0) is 15.5. The molecule has 3 nitrogen and oxygen atoms in total. The molecule has 0 aromatic heterocycles. The zero-order valence-corrected chi connectivity index (χ0v) is 13.1. The second kappa shape index (κ2) is 6.22. The van der Waals surface area contributed by atoms with Crippen molar-refractivity contribution in [3.8, 4) is 5.75 Å². The quantitative estimate of drug-likeness (QED) is 0.937. The fourth-order valence-electron chi connectivity index (χ4n) is 3.11. The molecule has 1 aliphatic rings. The highest BCUT2D eigenvalue weighted by Crippen LogP contribution is 2.30. The molecular formula is C19H21NO2. The van der Waals surface area contributed by atoms with Crippen LogP contribution in [0.2, 0.25) is 0 Å². The van der Waals surface area contributed by atoms with Crippen LogP contribution < -0.4 is 10.1 Å². The van der Waals surface area contributed by atoms with E-state index in [1.165, 1.54) is 11.1 Å². The van der Waals surface area contributed by atoms with Crippen molar-refractivity contribution in [2.75, 3.05) is 6.61 Å².